The molecule has 2 aromatic carbocycles. The zero-order valence-corrected chi connectivity index (χ0v) is 11.6. The zero-order valence-electron chi connectivity index (χ0n) is 11.6. The van der Waals surface area contributed by atoms with Crippen LogP contribution < -0.4 is 11.1 Å². The van der Waals surface area contributed by atoms with Crippen LogP contribution in [0.15, 0.2) is 48.5 Å². The molecular weight excluding hydrogens is 246 g/mol. The summed E-state index contributed by atoms with van der Waals surface area (Å²) in [5.74, 6) is 0. The number of hydrogen-bond acceptors (Lipinski definition) is 3. The van der Waals surface area contributed by atoms with Crippen molar-refractivity contribution in [3.8, 4) is 6.07 Å². The molecule has 0 aliphatic heterocycles. The Morgan fingerprint density at radius 1 is 1.20 bits per heavy atom. The van der Waals surface area contributed by atoms with Crippen LogP contribution in [-0.2, 0) is 6.42 Å². The summed E-state index contributed by atoms with van der Waals surface area (Å²) < 4.78 is 0. The molecule has 0 spiro atoms. The van der Waals surface area contributed by atoms with Crippen LogP contribution in [0.25, 0.3) is 0 Å². The summed E-state index contributed by atoms with van der Waals surface area (Å²) in [6, 6.07) is 18.3. The summed E-state index contributed by atoms with van der Waals surface area (Å²) in [6.45, 7) is 2.13. The molecular formula is C17H19N3. The number of anilines is 2. The predicted molar refractivity (Wildman–Crippen MR) is 83.4 cm³/mol. The molecule has 0 radical (unpaired) electrons. The van der Waals surface area contributed by atoms with Crippen molar-refractivity contribution in [1.29, 1.82) is 5.26 Å². The average molecular weight is 265 g/mol. The summed E-state index contributed by atoms with van der Waals surface area (Å²) in [7, 11) is 0. The van der Waals surface area contributed by atoms with Crippen molar-refractivity contribution < 1.29 is 0 Å². The van der Waals surface area contributed by atoms with Gasteiger partial charge in [0.2, 0.25) is 0 Å². The number of nitriles is 1. The first-order valence-corrected chi connectivity index (χ1v) is 6.79. The summed E-state index contributed by atoms with van der Waals surface area (Å²) in [6.07, 6.45) is 2.03. The van der Waals surface area contributed by atoms with E-state index in [0.717, 1.165) is 18.5 Å². The van der Waals surface area contributed by atoms with Gasteiger partial charge in [-0.2, -0.15) is 5.26 Å². The molecule has 0 saturated heterocycles. The van der Waals surface area contributed by atoms with E-state index in [1.807, 2.05) is 18.2 Å². The molecule has 1 unspecified atom stereocenters. The summed E-state index contributed by atoms with van der Waals surface area (Å²) in [5.41, 5.74) is 9.08. The normalized spacial score (nSPS) is 11.6. The number of rotatable bonds is 5. The Morgan fingerprint density at radius 3 is 2.65 bits per heavy atom. The van der Waals surface area contributed by atoms with Crippen molar-refractivity contribution in [2.45, 2.75) is 25.8 Å². The monoisotopic (exact) mass is 265 g/mol. The first-order chi connectivity index (χ1) is 9.69. The van der Waals surface area contributed by atoms with Gasteiger partial charge in [0.15, 0.2) is 0 Å². The van der Waals surface area contributed by atoms with E-state index < -0.39 is 0 Å². The Labute approximate surface area is 120 Å². The van der Waals surface area contributed by atoms with Crippen LogP contribution >= 0.6 is 0 Å². The Hall–Kier alpha value is -2.47. The first-order valence-electron chi connectivity index (χ1n) is 6.79. The minimum atomic E-state index is 0.297. The highest BCUT2D eigenvalue weighted by molar-refractivity contribution is 5.63. The highest BCUT2D eigenvalue weighted by Gasteiger charge is 2.07. The predicted octanol–water partition coefficient (Wildman–Crippen LogP) is 3.57. The Balaban J connectivity index is 1.95. The average Bonchev–Trinajstić information content (AvgIpc) is 2.48. The molecule has 0 saturated carbocycles. The molecule has 3 heteroatoms. The second-order valence-corrected chi connectivity index (χ2v) is 4.99. The number of aryl methyl sites for hydroxylation is 1. The number of benzene rings is 2. The van der Waals surface area contributed by atoms with Gasteiger partial charge in [0, 0.05) is 11.7 Å². The summed E-state index contributed by atoms with van der Waals surface area (Å²) >= 11 is 0. The van der Waals surface area contributed by atoms with E-state index in [1.54, 1.807) is 6.07 Å². The smallest absolute Gasteiger partial charge is 0.101 e. The maximum atomic E-state index is 9.12. The molecule has 0 bridgehead atoms. The van der Waals surface area contributed by atoms with E-state index in [9.17, 15) is 0 Å². The third-order valence-corrected chi connectivity index (χ3v) is 3.27. The van der Waals surface area contributed by atoms with Crippen LogP contribution in [0.2, 0.25) is 0 Å². The second-order valence-electron chi connectivity index (χ2n) is 4.99. The molecule has 0 amide bonds. The Bertz CT molecular complexity index is 599. The number of nitrogens with two attached hydrogens (primary N) is 1. The van der Waals surface area contributed by atoms with Crippen LogP contribution in [0.1, 0.15) is 24.5 Å². The molecule has 20 heavy (non-hydrogen) atoms. The number of hydrogen-bond donors (Lipinski definition) is 2. The van der Waals surface area contributed by atoms with E-state index in [-0.39, 0.29) is 0 Å². The van der Waals surface area contributed by atoms with Crippen LogP contribution in [0.4, 0.5) is 11.4 Å². The molecule has 3 nitrogen and oxygen atoms in total. The third-order valence-electron chi connectivity index (χ3n) is 3.27. The topological polar surface area (TPSA) is 61.8 Å². The molecule has 0 fully saturated rings. The van der Waals surface area contributed by atoms with Gasteiger partial charge < -0.3 is 11.1 Å². The van der Waals surface area contributed by atoms with Crippen LogP contribution in [0, 0.1) is 11.3 Å². The number of nitrogens with one attached hydrogen (secondary N) is 1. The van der Waals surface area contributed by atoms with E-state index in [4.69, 9.17) is 11.0 Å². The molecule has 0 heterocycles. The lowest BCUT2D eigenvalue weighted by Gasteiger charge is -2.16. The van der Waals surface area contributed by atoms with Gasteiger partial charge in [-0.3, -0.25) is 0 Å². The van der Waals surface area contributed by atoms with Gasteiger partial charge >= 0.3 is 0 Å². The first kappa shape index (κ1) is 14.0. The molecule has 0 aliphatic carbocycles. The molecule has 1 atom stereocenters. The van der Waals surface area contributed by atoms with Gasteiger partial charge in [0.25, 0.3) is 0 Å². The molecule has 3 N–H and O–H groups in total. The Kier molecular flexibility index (Phi) is 4.62. The minimum Gasteiger partial charge on any atom is -0.399 e. The second kappa shape index (κ2) is 6.63. The highest BCUT2D eigenvalue weighted by atomic mass is 14.9. The van der Waals surface area contributed by atoms with Crippen molar-refractivity contribution in [2.24, 2.45) is 0 Å². The lowest BCUT2D eigenvalue weighted by Crippen LogP contribution is -2.16. The quantitative estimate of drug-likeness (QED) is 0.812. The number of nitrogen functional groups attached to an aromatic ring is 1. The molecule has 0 aromatic heterocycles. The van der Waals surface area contributed by atoms with Gasteiger partial charge in [-0.15, -0.1) is 0 Å². The van der Waals surface area contributed by atoms with Crippen molar-refractivity contribution >= 4 is 11.4 Å². The van der Waals surface area contributed by atoms with E-state index in [0.29, 0.717) is 17.3 Å². The minimum absolute atomic E-state index is 0.297. The SMILES string of the molecule is CC(CCc1ccccc1)Nc1ccc(N)cc1C#N. The van der Waals surface area contributed by atoms with E-state index in [1.165, 1.54) is 5.56 Å². The van der Waals surface area contributed by atoms with Gasteiger partial charge in [0.1, 0.15) is 6.07 Å². The van der Waals surface area contributed by atoms with Gasteiger partial charge in [-0.05, 0) is 43.5 Å². The fourth-order valence-electron chi connectivity index (χ4n) is 2.15. The van der Waals surface area contributed by atoms with E-state index in [2.05, 4.69) is 42.6 Å². The standard InChI is InChI=1S/C17H19N3/c1-13(7-8-14-5-3-2-4-6-14)20-17-10-9-16(19)11-15(17)12-18/h2-6,9-11,13,20H,7-8,19H2,1H3. The fraction of sp³-hybridized carbons (Fsp3) is 0.235. The van der Waals surface area contributed by atoms with Crippen LogP contribution in [-0.4, -0.2) is 6.04 Å². The Morgan fingerprint density at radius 2 is 1.95 bits per heavy atom. The van der Waals surface area contributed by atoms with Gasteiger partial charge in [0.05, 0.1) is 11.3 Å². The van der Waals surface area contributed by atoms with Crippen molar-refractivity contribution in [3.05, 3.63) is 59.7 Å². The summed E-state index contributed by atoms with van der Waals surface area (Å²) in [5, 5.41) is 12.5. The van der Waals surface area contributed by atoms with Crippen molar-refractivity contribution in [2.75, 3.05) is 11.1 Å². The zero-order chi connectivity index (χ0) is 14.4. The largest absolute Gasteiger partial charge is 0.399 e. The maximum absolute atomic E-state index is 9.12. The van der Waals surface area contributed by atoms with Gasteiger partial charge in [-0.25, -0.2) is 0 Å². The van der Waals surface area contributed by atoms with Crippen molar-refractivity contribution in [3.63, 3.8) is 0 Å². The van der Waals surface area contributed by atoms with Crippen LogP contribution in [0.3, 0.4) is 0 Å². The van der Waals surface area contributed by atoms with Gasteiger partial charge in [-0.1, -0.05) is 30.3 Å². The number of nitrogens with zero attached hydrogens (tertiary/aromatic N) is 1. The molecule has 2 aromatic rings. The molecule has 102 valence electrons. The highest BCUT2D eigenvalue weighted by Crippen LogP contribution is 2.19. The summed E-state index contributed by atoms with van der Waals surface area (Å²) in [4.78, 5) is 0. The molecule has 0 aliphatic rings. The fourth-order valence-corrected chi connectivity index (χ4v) is 2.15. The lowest BCUT2D eigenvalue weighted by molar-refractivity contribution is 0.706. The van der Waals surface area contributed by atoms with E-state index >= 15 is 0 Å². The lowest BCUT2D eigenvalue weighted by atomic mass is 10.1. The van der Waals surface area contributed by atoms with Crippen molar-refractivity contribution in [1.82, 2.24) is 0 Å². The van der Waals surface area contributed by atoms with Crippen LogP contribution in [0.5, 0.6) is 0 Å². The third kappa shape index (κ3) is 3.76. The molecule has 2 rings (SSSR count). The maximum Gasteiger partial charge on any atom is 0.101 e.